The molecule has 0 aromatic carbocycles. The zero-order chi connectivity index (χ0) is 2.71. The third kappa shape index (κ3) is 28.8. The summed E-state index contributed by atoms with van der Waals surface area (Å²) in [5.41, 5.74) is 0. The molecule has 0 saturated carbocycles. The van der Waals surface area contributed by atoms with Crippen molar-refractivity contribution < 1.29 is 5.48 Å². The Morgan fingerprint density at radius 3 is 1.60 bits per heavy atom. The fraction of sp³-hybridized carbons (Fsp3) is 0. The van der Waals surface area contributed by atoms with Crippen LogP contribution in [0, 0.1) is 0 Å². The summed E-state index contributed by atoms with van der Waals surface area (Å²) in [7, 11) is 2.11. The molecule has 5 heteroatoms. The Morgan fingerprint density at radius 1 is 1.60 bits per heavy atom. The van der Waals surface area contributed by atoms with Gasteiger partial charge in [-0.3, -0.25) is 5.84 Å². The van der Waals surface area contributed by atoms with Crippen LogP contribution in [0.3, 0.4) is 0 Å². The Bertz CT molecular complexity index is 9.61. The summed E-state index contributed by atoms with van der Waals surface area (Å²) < 4.78 is 0. The second-order valence-electron chi connectivity index (χ2n) is 0.167. The van der Waals surface area contributed by atoms with Crippen LogP contribution in [0.2, 0.25) is 0 Å². The average molecular weight is 124 g/mol. The number of hydrazine groups is 1. The first kappa shape index (κ1) is 16.0. The van der Waals surface area contributed by atoms with E-state index in [1.807, 2.05) is 0 Å². The molecule has 0 aliphatic heterocycles. The molecule has 5 N–H and O–H groups in total. The number of rotatable bonds is 0. The van der Waals surface area contributed by atoms with Gasteiger partial charge in [0.2, 0.25) is 0 Å². The minimum atomic E-state index is 0. The van der Waals surface area contributed by atoms with Crippen LogP contribution in [0.1, 0.15) is 0 Å². The maximum absolute atomic E-state index is 4.56. The summed E-state index contributed by atoms with van der Waals surface area (Å²) in [5.74, 6) is 4.56. The van der Waals surface area contributed by atoms with E-state index < -0.39 is 0 Å². The SMILES string of the molecule is NNP.O.[CaH2]. The molecule has 5 heavy (non-hydrogen) atoms. The zero-order valence-corrected chi connectivity index (χ0v) is 3.31. The predicted molar refractivity (Wildman–Crippen MR) is 29.2 cm³/mol. The molecule has 0 aliphatic rings. The molecular formula is H9CaN2OP. The molecule has 0 radical (unpaired) electrons. The minimum absolute atomic E-state index is 0. The van der Waals surface area contributed by atoms with E-state index in [4.69, 9.17) is 0 Å². The van der Waals surface area contributed by atoms with Crippen molar-refractivity contribution in [2.24, 2.45) is 5.84 Å². The van der Waals surface area contributed by atoms with E-state index in [0.717, 1.165) is 0 Å². The van der Waals surface area contributed by atoms with Crippen molar-refractivity contribution in [2.45, 2.75) is 0 Å². The van der Waals surface area contributed by atoms with E-state index in [9.17, 15) is 0 Å². The Morgan fingerprint density at radius 2 is 1.60 bits per heavy atom. The van der Waals surface area contributed by atoms with Crippen LogP contribution in [-0.2, 0) is 0 Å². The van der Waals surface area contributed by atoms with Crippen LogP contribution < -0.4 is 11.0 Å². The van der Waals surface area contributed by atoms with Crippen molar-refractivity contribution in [3.63, 3.8) is 0 Å². The van der Waals surface area contributed by atoms with Gasteiger partial charge >= 0.3 is 37.7 Å². The van der Waals surface area contributed by atoms with Crippen LogP contribution in [0.5, 0.6) is 0 Å². The van der Waals surface area contributed by atoms with Gasteiger partial charge in [-0.25, -0.2) is 5.20 Å². The van der Waals surface area contributed by atoms with Gasteiger partial charge in [-0.1, -0.05) is 9.39 Å². The second-order valence-corrected chi connectivity index (χ2v) is 0.500. The summed E-state index contributed by atoms with van der Waals surface area (Å²) in [6, 6.07) is 0. The molecule has 0 saturated heterocycles. The summed E-state index contributed by atoms with van der Waals surface area (Å²) in [5, 5.41) is 2.17. The predicted octanol–water partition coefficient (Wildman–Crippen LogP) is -2.50. The molecule has 3 nitrogen and oxygen atoms in total. The number of hydrogen-bond acceptors (Lipinski definition) is 2. The van der Waals surface area contributed by atoms with Gasteiger partial charge in [-0.05, 0) is 0 Å². The summed E-state index contributed by atoms with van der Waals surface area (Å²) >= 11 is 0. The van der Waals surface area contributed by atoms with Gasteiger partial charge in [0.15, 0.2) is 0 Å². The molecule has 0 aromatic rings. The van der Waals surface area contributed by atoms with Gasteiger partial charge < -0.3 is 5.48 Å². The van der Waals surface area contributed by atoms with Gasteiger partial charge in [0, 0.05) is 0 Å². The fourth-order valence-corrected chi connectivity index (χ4v) is 0. The third-order valence-electron chi connectivity index (χ3n) is 0. The van der Waals surface area contributed by atoms with Gasteiger partial charge in [-0.15, -0.1) is 0 Å². The first-order valence-electron chi connectivity index (χ1n) is 0.577. The summed E-state index contributed by atoms with van der Waals surface area (Å²) in [6.07, 6.45) is 0. The first-order chi connectivity index (χ1) is 1.41. The normalized spacial score (nSPS) is 3.60. The molecule has 0 spiro atoms. The Balaban J connectivity index is -0.0000000200. The van der Waals surface area contributed by atoms with Crippen LogP contribution in [0.15, 0.2) is 0 Å². The summed E-state index contributed by atoms with van der Waals surface area (Å²) in [6.45, 7) is 0. The van der Waals surface area contributed by atoms with Crippen molar-refractivity contribution in [1.82, 2.24) is 5.20 Å². The molecule has 1 unspecified atom stereocenters. The van der Waals surface area contributed by atoms with Gasteiger partial charge in [-0.2, -0.15) is 0 Å². The fourth-order valence-electron chi connectivity index (χ4n) is 0. The molecule has 1 atom stereocenters. The van der Waals surface area contributed by atoms with E-state index >= 15 is 0 Å². The Labute approximate surface area is 63.2 Å². The van der Waals surface area contributed by atoms with E-state index in [0.29, 0.717) is 0 Å². The summed E-state index contributed by atoms with van der Waals surface area (Å²) in [4.78, 5) is 0. The van der Waals surface area contributed by atoms with Crippen molar-refractivity contribution in [3.05, 3.63) is 0 Å². The molecule has 0 bridgehead atoms. The van der Waals surface area contributed by atoms with Gasteiger partial charge in [0.1, 0.15) is 0 Å². The molecule has 0 fully saturated rings. The van der Waals surface area contributed by atoms with Crippen molar-refractivity contribution in [3.8, 4) is 0 Å². The second kappa shape index (κ2) is 17.6. The molecule has 32 valence electrons. The van der Waals surface area contributed by atoms with Crippen LogP contribution in [0.4, 0.5) is 0 Å². The monoisotopic (exact) mass is 124 g/mol. The van der Waals surface area contributed by atoms with Crippen molar-refractivity contribution in [1.29, 1.82) is 0 Å². The Hall–Kier alpha value is 1.57. The topological polar surface area (TPSA) is 69.5 Å². The standard InChI is InChI=1S/Ca.H5N2P.H2O.2H/c;1-2-3;;;/h;2H,1,3H2;1H2;;. The molecule has 0 rings (SSSR count). The van der Waals surface area contributed by atoms with E-state index in [1.165, 1.54) is 0 Å². The Kier molecular flexibility index (Phi) is 56.3. The van der Waals surface area contributed by atoms with Crippen molar-refractivity contribution in [2.75, 3.05) is 0 Å². The maximum atomic E-state index is 4.56. The quantitative estimate of drug-likeness (QED) is 0.162. The number of hydrogen-bond donors (Lipinski definition) is 2. The number of nitrogens with two attached hydrogens (primary N) is 1. The first-order valence-corrected chi connectivity index (χ1v) is 1.15. The third-order valence-corrected chi connectivity index (χ3v) is 0. The number of nitrogens with one attached hydrogen (secondary N) is 1. The molecular weight excluding hydrogens is 115 g/mol. The van der Waals surface area contributed by atoms with E-state index in [-0.39, 0.29) is 43.2 Å². The van der Waals surface area contributed by atoms with Gasteiger partial charge in [0.05, 0.1) is 0 Å². The molecule has 0 aliphatic carbocycles. The molecule has 0 heterocycles. The molecule has 0 aromatic heterocycles. The van der Waals surface area contributed by atoms with Gasteiger partial charge in [0.25, 0.3) is 0 Å². The van der Waals surface area contributed by atoms with Crippen LogP contribution >= 0.6 is 9.39 Å². The van der Waals surface area contributed by atoms with E-state index in [1.54, 1.807) is 0 Å². The van der Waals surface area contributed by atoms with Crippen molar-refractivity contribution >= 4 is 47.1 Å². The van der Waals surface area contributed by atoms with Crippen LogP contribution in [-0.4, -0.2) is 43.2 Å². The zero-order valence-electron chi connectivity index (χ0n) is 2.15. The van der Waals surface area contributed by atoms with E-state index in [2.05, 4.69) is 20.4 Å². The van der Waals surface area contributed by atoms with Crippen LogP contribution in [0.25, 0.3) is 0 Å². The average Bonchev–Trinajstić information content (AvgIpc) is 0.918. The molecule has 0 amide bonds.